The van der Waals surface area contributed by atoms with Gasteiger partial charge in [-0.3, -0.25) is 9.78 Å². The maximum atomic E-state index is 12.7. The van der Waals surface area contributed by atoms with Crippen molar-refractivity contribution in [2.75, 3.05) is 19.8 Å². The molecule has 2 fully saturated rings. The molecule has 2 saturated heterocycles. The zero-order valence-electron chi connectivity index (χ0n) is 12.6. The van der Waals surface area contributed by atoms with Gasteiger partial charge in [0, 0.05) is 30.2 Å². The van der Waals surface area contributed by atoms with Crippen LogP contribution in [0.1, 0.15) is 15.9 Å². The monoisotopic (exact) mass is 330 g/mol. The van der Waals surface area contributed by atoms with Gasteiger partial charge in [0.15, 0.2) is 0 Å². The van der Waals surface area contributed by atoms with Crippen LogP contribution in [0.2, 0.25) is 0 Å². The van der Waals surface area contributed by atoms with Crippen molar-refractivity contribution in [1.29, 1.82) is 0 Å². The van der Waals surface area contributed by atoms with Gasteiger partial charge in [0.1, 0.15) is 0 Å². The maximum Gasteiger partial charge on any atom is 0.255 e. The van der Waals surface area contributed by atoms with E-state index >= 15 is 0 Å². The Labute approximate surface area is 138 Å². The molecule has 6 heteroatoms. The summed E-state index contributed by atoms with van der Waals surface area (Å²) in [5.74, 6) is 0.341. The number of fused-ring (bicyclic) bond motifs is 1. The fourth-order valence-corrected chi connectivity index (χ4v) is 3.98. The molecule has 0 spiro atoms. The molecule has 2 aliphatic heterocycles. The molecule has 0 aliphatic carbocycles. The molecule has 2 aliphatic rings. The molecule has 0 unspecified atom stereocenters. The van der Waals surface area contributed by atoms with E-state index in [0.29, 0.717) is 26.4 Å². The summed E-state index contributed by atoms with van der Waals surface area (Å²) in [7, 11) is 0. The van der Waals surface area contributed by atoms with Crippen LogP contribution in [-0.4, -0.2) is 47.7 Å². The summed E-state index contributed by atoms with van der Waals surface area (Å²) in [6.45, 7) is 2.42. The van der Waals surface area contributed by atoms with Crippen molar-refractivity contribution in [2.45, 2.75) is 18.8 Å². The summed E-state index contributed by atoms with van der Waals surface area (Å²) in [6, 6.07) is 5.91. The Morgan fingerprint density at radius 3 is 3.17 bits per heavy atom. The van der Waals surface area contributed by atoms with Crippen LogP contribution >= 0.6 is 11.3 Å². The van der Waals surface area contributed by atoms with Crippen molar-refractivity contribution in [3.05, 3.63) is 52.5 Å². The first kappa shape index (κ1) is 14.8. The van der Waals surface area contributed by atoms with Gasteiger partial charge in [-0.15, -0.1) is 0 Å². The molecule has 0 radical (unpaired) electrons. The third kappa shape index (κ3) is 2.89. The topological polar surface area (TPSA) is 51.7 Å². The average Bonchev–Trinajstić information content (AvgIpc) is 3.31. The number of hydrogen-bond donors (Lipinski definition) is 0. The number of ether oxygens (including phenoxy) is 2. The van der Waals surface area contributed by atoms with Gasteiger partial charge >= 0.3 is 0 Å². The van der Waals surface area contributed by atoms with E-state index < -0.39 is 0 Å². The number of carbonyl (C=O) groups excluding carboxylic acids is 1. The molecular formula is C17H18N2O3S. The van der Waals surface area contributed by atoms with Crippen LogP contribution in [0.15, 0.2) is 41.4 Å². The number of thiophene rings is 1. The van der Waals surface area contributed by atoms with Crippen LogP contribution in [0.25, 0.3) is 0 Å². The first-order valence-corrected chi connectivity index (χ1v) is 8.68. The van der Waals surface area contributed by atoms with Gasteiger partial charge in [-0.25, -0.2) is 0 Å². The molecule has 120 valence electrons. The molecule has 1 amide bonds. The van der Waals surface area contributed by atoms with E-state index in [9.17, 15) is 4.79 Å². The highest BCUT2D eigenvalue weighted by Gasteiger charge is 2.48. The van der Waals surface area contributed by atoms with Crippen LogP contribution < -0.4 is 0 Å². The lowest BCUT2D eigenvalue weighted by Gasteiger charge is -2.21. The van der Waals surface area contributed by atoms with E-state index in [-0.39, 0.29) is 24.0 Å². The maximum absolute atomic E-state index is 12.7. The normalized spacial score (nSPS) is 26.4. The summed E-state index contributed by atoms with van der Waals surface area (Å²) in [4.78, 5) is 18.7. The molecular weight excluding hydrogens is 312 g/mol. The minimum absolute atomic E-state index is 0.0188. The largest absolute Gasteiger partial charge is 0.379 e. The Kier molecular flexibility index (Phi) is 4.11. The fourth-order valence-electron chi connectivity index (χ4n) is 3.35. The van der Waals surface area contributed by atoms with Gasteiger partial charge in [-0.05, 0) is 23.1 Å². The minimum Gasteiger partial charge on any atom is -0.379 e. The van der Waals surface area contributed by atoms with Crippen molar-refractivity contribution in [3.8, 4) is 0 Å². The van der Waals surface area contributed by atoms with Crippen molar-refractivity contribution >= 4 is 17.2 Å². The minimum atomic E-state index is 0.0188. The van der Waals surface area contributed by atoms with Crippen LogP contribution in [0.3, 0.4) is 0 Å². The van der Waals surface area contributed by atoms with Gasteiger partial charge < -0.3 is 14.4 Å². The Balaban J connectivity index is 1.46. The molecule has 5 nitrogen and oxygen atoms in total. The predicted octanol–water partition coefficient (Wildman–Crippen LogP) is 2.20. The van der Waals surface area contributed by atoms with Crippen molar-refractivity contribution < 1.29 is 14.3 Å². The first-order chi connectivity index (χ1) is 11.3. The molecule has 4 heterocycles. The number of pyridine rings is 1. The number of aromatic nitrogens is 1. The molecule has 3 atom stereocenters. The first-order valence-electron chi connectivity index (χ1n) is 7.74. The Morgan fingerprint density at radius 1 is 1.43 bits per heavy atom. The summed E-state index contributed by atoms with van der Waals surface area (Å²) < 4.78 is 11.7. The van der Waals surface area contributed by atoms with E-state index in [0.717, 1.165) is 11.1 Å². The average molecular weight is 330 g/mol. The zero-order chi connectivity index (χ0) is 15.6. The van der Waals surface area contributed by atoms with Gasteiger partial charge in [-0.1, -0.05) is 6.07 Å². The molecule has 0 N–H and O–H groups in total. The van der Waals surface area contributed by atoms with Crippen molar-refractivity contribution in [3.63, 3.8) is 0 Å². The summed E-state index contributed by atoms with van der Waals surface area (Å²) >= 11 is 1.54. The summed E-state index contributed by atoms with van der Waals surface area (Å²) in [5, 5.41) is 3.83. The molecule has 0 aromatic carbocycles. The van der Waals surface area contributed by atoms with Crippen LogP contribution in [-0.2, 0) is 16.1 Å². The number of rotatable bonds is 4. The van der Waals surface area contributed by atoms with E-state index in [4.69, 9.17) is 9.47 Å². The molecule has 2 aromatic heterocycles. The Hall–Kier alpha value is -1.76. The van der Waals surface area contributed by atoms with Gasteiger partial charge in [0.05, 0.1) is 37.5 Å². The molecule has 0 saturated carbocycles. The Morgan fingerprint density at radius 2 is 2.39 bits per heavy atom. The smallest absolute Gasteiger partial charge is 0.255 e. The third-order valence-corrected chi connectivity index (χ3v) is 5.25. The lowest BCUT2D eigenvalue weighted by molar-refractivity contribution is 0.00926. The van der Waals surface area contributed by atoms with Gasteiger partial charge in [0.25, 0.3) is 5.91 Å². The molecule has 2 aromatic rings. The van der Waals surface area contributed by atoms with Gasteiger partial charge in [0.2, 0.25) is 0 Å². The second kappa shape index (κ2) is 6.39. The number of likely N-dealkylation sites (tertiary alicyclic amines) is 1. The summed E-state index contributed by atoms with van der Waals surface area (Å²) in [5.41, 5.74) is 1.80. The molecule has 4 rings (SSSR count). The molecule has 23 heavy (non-hydrogen) atoms. The highest BCUT2D eigenvalue weighted by Crippen LogP contribution is 2.33. The second-order valence-electron chi connectivity index (χ2n) is 5.95. The lowest BCUT2D eigenvalue weighted by atomic mass is 10.0. The number of amides is 1. The van der Waals surface area contributed by atoms with Crippen molar-refractivity contribution in [1.82, 2.24) is 9.88 Å². The zero-order valence-corrected chi connectivity index (χ0v) is 13.4. The SMILES string of the molecule is O=C(c1ccsc1)N1C[C@H](OCc2cccnc2)[C@H]2COC[C@H]21. The second-order valence-corrected chi connectivity index (χ2v) is 6.73. The van der Waals surface area contributed by atoms with E-state index in [2.05, 4.69) is 4.98 Å². The highest BCUT2D eigenvalue weighted by molar-refractivity contribution is 7.08. The Bertz CT molecular complexity index is 662. The number of hydrogen-bond acceptors (Lipinski definition) is 5. The van der Waals surface area contributed by atoms with Crippen LogP contribution in [0, 0.1) is 5.92 Å². The van der Waals surface area contributed by atoms with E-state index in [1.807, 2.05) is 40.1 Å². The lowest BCUT2D eigenvalue weighted by Crippen LogP contribution is -2.37. The quantitative estimate of drug-likeness (QED) is 0.862. The van der Waals surface area contributed by atoms with Crippen LogP contribution in [0.4, 0.5) is 0 Å². The van der Waals surface area contributed by atoms with Gasteiger partial charge in [-0.2, -0.15) is 11.3 Å². The van der Waals surface area contributed by atoms with Crippen molar-refractivity contribution in [2.24, 2.45) is 5.92 Å². The van der Waals surface area contributed by atoms with E-state index in [1.54, 1.807) is 17.5 Å². The predicted molar refractivity (Wildman–Crippen MR) is 86.3 cm³/mol. The van der Waals surface area contributed by atoms with Crippen LogP contribution in [0.5, 0.6) is 0 Å². The standard InChI is InChI=1S/C17H18N2O3S/c20-17(13-3-5-23-11-13)19-7-16(14-9-21-10-15(14)19)22-8-12-2-1-4-18-6-12/h1-6,11,14-16H,7-10H2/t14-,15+,16-/m0/s1. The van der Waals surface area contributed by atoms with E-state index in [1.165, 1.54) is 0 Å². The third-order valence-electron chi connectivity index (χ3n) is 4.56. The number of carbonyl (C=O) groups is 1. The fraction of sp³-hybridized carbons (Fsp3) is 0.412. The highest BCUT2D eigenvalue weighted by atomic mass is 32.1. The summed E-state index contributed by atoms with van der Waals surface area (Å²) in [6.07, 6.45) is 3.58. The molecule has 0 bridgehead atoms. The number of nitrogens with zero attached hydrogens (tertiary/aromatic N) is 2.